The summed E-state index contributed by atoms with van der Waals surface area (Å²) in [6, 6.07) is 4.92. The molecule has 1 saturated heterocycles. The minimum Gasteiger partial charge on any atom is -0.370 e. The molecule has 0 aromatic heterocycles. The van der Waals surface area contributed by atoms with Gasteiger partial charge >= 0.3 is 0 Å². The van der Waals surface area contributed by atoms with Gasteiger partial charge in [0.15, 0.2) is 5.96 Å². The van der Waals surface area contributed by atoms with Crippen molar-refractivity contribution in [1.82, 2.24) is 5.32 Å². The van der Waals surface area contributed by atoms with Gasteiger partial charge in [0.05, 0.1) is 18.0 Å². The number of anilines is 1. The summed E-state index contributed by atoms with van der Waals surface area (Å²) in [6.45, 7) is 0.588. The van der Waals surface area contributed by atoms with E-state index in [9.17, 15) is 12.8 Å². The molecule has 1 saturated carbocycles. The Morgan fingerprint density at radius 1 is 1.23 bits per heavy atom. The average Bonchev–Trinajstić information content (AvgIpc) is 2.79. The third-order valence-corrected chi connectivity index (χ3v) is 6.87. The van der Waals surface area contributed by atoms with Crippen LogP contribution in [0.15, 0.2) is 23.2 Å². The molecule has 1 aromatic carbocycles. The lowest BCUT2D eigenvalue weighted by Gasteiger charge is -2.18. The van der Waals surface area contributed by atoms with Crippen LogP contribution in [0.25, 0.3) is 0 Å². The van der Waals surface area contributed by atoms with Gasteiger partial charge in [-0.05, 0) is 37.0 Å². The zero-order valence-electron chi connectivity index (χ0n) is 15.0. The molecule has 2 aliphatic rings. The summed E-state index contributed by atoms with van der Waals surface area (Å²) in [5.41, 5.74) is 6.74. The Labute approximate surface area is 154 Å². The Bertz CT molecular complexity index is 758. The molecule has 6 nitrogen and oxygen atoms in total. The maximum Gasteiger partial charge on any atom is 0.235 e. The SMILES string of the molecule is NC(=NCc1ccc(N2CCCS2(=O)=O)c(F)c1)NC1CCCCCC1. The van der Waals surface area contributed by atoms with Crippen LogP contribution in [0.4, 0.5) is 10.1 Å². The summed E-state index contributed by atoms with van der Waals surface area (Å²) < 4.78 is 39.4. The number of hydrogen-bond acceptors (Lipinski definition) is 3. The quantitative estimate of drug-likeness (QED) is 0.476. The molecule has 0 amide bonds. The van der Waals surface area contributed by atoms with Crippen LogP contribution < -0.4 is 15.4 Å². The molecule has 144 valence electrons. The fourth-order valence-corrected chi connectivity index (χ4v) is 5.19. The van der Waals surface area contributed by atoms with Gasteiger partial charge in [-0.2, -0.15) is 0 Å². The van der Waals surface area contributed by atoms with E-state index in [-0.39, 0.29) is 18.0 Å². The first-order valence-electron chi connectivity index (χ1n) is 9.31. The van der Waals surface area contributed by atoms with E-state index >= 15 is 0 Å². The molecule has 0 unspecified atom stereocenters. The molecule has 2 fully saturated rings. The minimum absolute atomic E-state index is 0.0713. The van der Waals surface area contributed by atoms with Crippen LogP contribution in [0.5, 0.6) is 0 Å². The van der Waals surface area contributed by atoms with Crippen LogP contribution in [-0.4, -0.2) is 32.7 Å². The Morgan fingerprint density at radius 3 is 2.58 bits per heavy atom. The highest BCUT2D eigenvalue weighted by Gasteiger charge is 2.30. The van der Waals surface area contributed by atoms with Gasteiger partial charge in [0, 0.05) is 12.6 Å². The van der Waals surface area contributed by atoms with Crippen molar-refractivity contribution in [3.63, 3.8) is 0 Å². The molecule has 26 heavy (non-hydrogen) atoms. The predicted octanol–water partition coefficient (Wildman–Crippen LogP) is 2.49. The number of halogens is 1. The molecular formula is C18H27FN4O2S. The summed E-state index contributed by atoms with van der Waals surface area (Å²) in [6.07, 6.45) is 7.68. The molecule has 3 rings (SSSR count). The number of nitrogens with zero attached hydrogens (tertiary/aromatic N) is 2. The molecule has 0 bridgehead atoms. The normalized spacial score (nSPS) is 21.6. The number of guanidine groups is 1. The van der Waals surface area contributed by atoms with Gasteiger partial charge in [-0.3, -0.25) is 4.31 Å². The number of rotatable bonds is 4. The highest BCUT2D eigenvalue weighted by molar-refractivity contribution is 7.93. The molecule has 1 aromatic rings. The van der Waals surface area contributed by atoms with Crippen LogP contribution in [0.1, 0.15) is 50.5 Å². The molecule has 1 heterocycles. The maximum absolute atomic E-state index is 14.4. The lowest BCUT2D eigenvalue weighted by molar-refractivity contribution is 0.530. The molecule has 8 heteroatoms. The van der Waals surface area contributed by atoms with Crippen molar-refractivity contribution in [2.75, 3.05) is 16.6 Å². The standard InChI is InChI=1S/C18H27FN4O2S/c19-16-12-14(8-9-17(16)23-10-5-11-26(23,24)25)13-21-18(20)22-15-6-3-1-2-4-7-15/h8-9,12,15H,1-7,10-11,13H2,(H3,20,21,22). The van der Waals surface area contributed by atoms with Crippen molar-refractivity contribution in [2.24, 2.45) is 10.7 Å². The predicted molar refractivity (Wildman–Crippen MR) is 102 cm³/mol. The fourth-order valence-electron chi connectivity index (χ4n) is 3.62. The van der Waals surface area contributed by atoms with Crippen molar-refractivity contribution in [2.45, 2.75) is 57.5 Å². The molecular weight excluding hydrogens is 355 g/mol. The average molecular weight is 383 g/mol. The number of nitrogens with one attached hydrogen (secondary N) is 1. The van der Waals surface area contributed by atoms with E-state index in [1.807, 2.05) is 0 Å². The zero-order valence-corrected chi connectivity index (χ0v) is 15.8. The monoisotopic (exact) mass is 382 g/mol. The van der Waals surface area contributed by atoms with Crippen molar-refractivity contribution in [1.29, 1.82) is 0 Å². The molecule has 0 spiro atoms. The second-order valence-corrected chi connectivity index (χ2v) is 9.07. The maximum atomic E-state index is 14.4. The summed E-state index contributed by atoms with van der Waals surface area (Å²) >= 11 is 0. The van der Waals surface area contributed by atoms with Crippen LogP contribution in [0.3, 0.4) is 0 Å². The number of hydrogen-bond donors (Lipinski definition) is 2. The smallest absolute Gasteiger partial charge is 0.235 e. The van der Waals surface area contributed by atoms with E-state index in [1.165, 1.54) is 37.8 Å². The van der Waals surface area contributed by atoms with Crippen LogP contribution in [0.2, 0.25) is 0 Å². The second-order valence-electron chi connectivity index (χ2n) is 7.06. The van der Waals surface area contributed by atoms with Gasteiger partial charge in [0.1, 0.15) is 5.82 Å². The van der Waals surface area contributed by atoms with Crippen LogP contribution in [-0.2, 0) is 16.6 Å². The fraction of sp³-hybridized carbons (Fsp3) is 0.611. The number of nitrogens with two attached hydrogens (primary N) is 1. The van der Waals surface area contributed by atoms with Gasteiger partial charge in [-0.1, -0.05) is 31.7 Å². The lowest BCUT2D eigenvalue weighted by Crippen LogP contribution is -2.39. The summed E-state index contributed by atoms with van der Waals surface area (Å²) in [5, 5.41) is 3.26. The number of aliphatic imine (C=N–C) groups is 1. The third-order valence-electron chi connectivity index (χ3n) is 5.02. The topological polar surface area (TPSA) is 87.8 Å². The van der Waals surface area contributed by atoms with Crippen molar-refractivity contribution < 1.29 is 12.8 Å². The van der Waals surface area contributed by atoms with Crippen molar-refractivity contribution >= 4 is 21.7 Å². The summed E-state index contributed by atoms with van der Waals surface area (Å²) in [7, 11) is -3.38. The van der Waals surface area contributed by atoms with Crippen LogP contribution in [0, 0.1) is 5.82 Å². The Balaban J connectivity index is 1.62. The molecule has 1 aliphatic heterocycles. The highest BCUT2D eigenvalue weighted by Crippen LogP contribution is 2.27. The van der Waals surface area contributed by atoms with Gasteiger partial charge in [0.25, 0.3) is 0 Å². The van der Waals surface area contributed by atoms with Crippen LogP contribution >= 0.6 is 0 Å². The molecule has 0 atom stereocenters. The van der Waals surface area contributed by atoms with Gasteiger partial charge in [-0.15, -0.1) is 0 Å². The van der Waals surface area contributed by atoms with Crippen molar-refractivity contribution in [3.05, 3.63) is 29.6 Å². The van der Waals surface area contributed by atoms with Crippen molar-refractivity contribution in [3.8, 4) is 0 Å². The number of sulfonamides is 1. The zero-order chi connectivity index (χ0) is 18.6. The van der Waals surface area contributed by atoms with E-state index in [1.54, 1.807) is 6.07 Å². The molecule has 1 aliphatic carbocycles. The Hall–Kier alpha value is -1.83. The second kappa shape index (κ2) is 8.24. The van der Waals surface area contributed by atoms with E-state index in [2.05, 4.69) is 10.3 Å². The Kier molecular flexibility index (Phi) is 6.01. The number of benzene rings is 1. The van der Waals surface area contributed by atoms with E-state index in [0.29, 0.717) is 30.5 Å². The lowest BCUT2D eigenvalue weighted by atomic mass is 10.1. The minimum atomic E-state index is -3.38. The Morgan fingerprint density at radius 2 is 1.96 bits per heavy atom. The third kappa shape index (κ3) is 4.66. The van der Waals surface area contributed by atoms with Gasteiger partial charge in [-0.25, -0.2) is 17.8 Å². The first-order chi connectivity index (χ1) is 12.5. The van der Waals surface area contributed by atoms with E-state index in [0.717, 1.165) is 17.1 Å². The molecule has 3 N–H and O–H groups in total. The van der Waals surface area contributed by atoms with E-state index in [4.69, 9.17) is 5.73 Å². The highest BCUT2D eigenvalue weighted by atomic mass is 32.2. The first-order valence-corrected chi connectivity index (χ1v) is 10.9. The summed E-state index contributed by atoms with van der Waals surface area (Å²) in [5.74, 6) is -0.0936. The largest absolute Gasteiger partial charge is 0.370 e. The molecule has 0 radical (unpaired) electrons. The van der Waals surface area contributed by atoms with Gasteiger partial charge in [0.2, 0.25) is 10.0 Å². The van der Waals surface area contributed by atoms with E-state index < -0.39 is 15.8 Å². The van der Waals surface area contributed by atoms with Gasteiger partial charge < -0.3 is 11.1 Å². The first kappa shape index (κ1) is 18.9. The summed E-state index contributed by atoms with van der Waals surface area (Å²) in [4.78, 5) is 4.30.